The lowest BCUT2D eigenvalue weighted by atomic mass is 10.2. The summed E-state index contributed by atoms with van der Waals surface area (Å²) in [5.41, 5.74) is -0.0144. The number of aryl methyl sites for hydroxylation is 1. The third-order valence-electron chi connectivity index (χ3n) is 3.93. The quantitative estimate of drug-likeness (QED) is 0.371. The van der Waals surface area contributed by atoms with Crippen LogP contribution in [0.15, 0.2) is 44.9 Å². The first-order chi connectivity index (χ1) is 12.9. The Hall–Kier alpha value is -2.94. The number of benzene rings is 1. The predicted molar refractivity (Wildman–Crippen MR) is 103 cm³/mol. The molecule has 0 saturated carbocycles. The van der Waals surface area contributed by atoms with Gasteiger partial charge in [0.15, 0.2) is 11.5 Å². The van der Waals surface area contributed by atoms with Crippen LogP contribution in [-0.4, -0.2) is 37.4 Å². The van der Waals surface area contributed by atoms with Crippen molar-refractivity contribution in [2.45, 2.75) is 11.9 Å². The molecule has 1 aromatic carbocycles. The number of carbonyl (C=O) groups is 1. The van der Waals surface area contributed by atoms with Crippen LogP contribution in [0.1, 0.15) is 6.92 Å². The fourth-order valence-electron chi connectivity index (χ4n) is 2.58. The van der Waals surface area contributed by atoms with Gasteiger partial charge < -0.3 is 4.74 Å². The van der Waals surface area contributed by atoms with Crippen LogP contribution in [0, 0.1) is 0 Å². The first-order valence-corrected chi connectivity index (χ1v) is 9.24. The number of fused-ring (bicyclic) bond motifs is 1. The van der Waals surface area contributed by atoms with Gasteiger partial charge in [-0.3, -0.25) is 18.7 Å². The molecule has 0 aliphatic carbocycles. The molecule has 3 rings (SSSR count). The summed E-state index contributed by atoms with van der Waals surface area (Å²) >= 11 is 1.09. The van der Waals surface area contributed by atoms with Crippen molar-refractivity contribution in [3.05, 3.63) is 51.2 Å². The largest absolute Gasteiger partial charge is 0.465 e. The van der Waals surface area contributed by atoms with Crippen molar-refractivity contribution in [1.29, 1.82) is 0 Å². The second kappa shape index (κ2) is 7.75. The standard InChI is InChI=1S/C18H18N4O4S/c1-4-26-12(23)10-27-16-13-15(21(2)18(25)22(3)17(13)24)19-14(20-16)11-8-6-5-7-9-11/h5-9H,4,10H2,1-3H3. The molecule has 140 valence electrons. The van der Waals surface area contributed by atoms with E-state index in [1.807, 2.05) is 30.3 Å². The molecule has 9 heteroatoms. The van der Waals surface area contributed by atoms with Crippen molar-refractivity contribution in [1.82, 2.24) is 19.1 Å². The summed E-state index contributed by atoms with van der Waals surface area (Å²) in [4.78, 5) is 45.7. The van der Waals surface area contributed by atoms with E-state index >= 15 is 0 Å². The maximum atomic E-state index is 12.7. The maximum Gasteiger partial charge on any atom is 0.332 e. The summed E-state index contributed by atoms with van der Waals surface area (Å²) < 4.78 is 7.25. The molecule has 0 radical (unpaired) electrons. The van der Waals surface area contributed by atoms with Crippen LogP contribution in [0.3, 0.4) is 0 Å². The molecule has 0 aliphatic rings. The van der Waals surface area contributed by atoms with E-state index in [0.29, 0.717) is 10.9 Å². The van der Waals surface area contributed by atoms with E-state index in [4.69, 9.17) is 4.74 Å². The van der Waals surface area contributed by atoms with Gasteiger partial charge >= 0.3 is 11.7 Å². The monoisotopic (exact) mass is 386 g/mol. The van der Waals surface area contributed by atoms with Gasteiger partial charge in [0.1, 0.15) is 10.4 Å². The summed E-state index contributed by atoms with van der Waals surface area (Å²) in [6, 6.07) is 9.22. The highest BCUT2D eigenvalue weighted by Gasteiger charge is 2.19. The molecule has 27 heavy (non-hydrogen) atoms. The fourth-order valence-corrected chi connectivity index (χ4v) is 3.39. The smallest absolute Gasteiger partial charge is 0.332 e. The highest BCUT2D eigenvalue weighted by Crippen LogP contribution is 2.26. The van der Waals surface area contributed by atoms with Gasteiger partial charge in [0, 0.05) is 19.7 Å². The Morgan fingerprint density at radius 1 is 1.11 bits per heavy atom. The summed E-state index contributed by atoms with van der Waals surface area (Å²) in [6.07, 6.45) is 0. The molecular weight excluding hydrogens is 368 g/mol. The molecule has 0 saturated heterocycles. The van der Waals surface area contributed by atoms with Crippen molar-refractivity contribution >= 4 is 28.8 Å². The highest BCUT2D eigenvalue weighted by molar-refractivity contribution is 8.00. The lowest BCUT2D eigenvalue weighted by Crippen LogP contribution is -2.37. The zero-order chi connectivity index (χ0) is 19.6. The summed E-state index contributed by atoms with van der Waals surface area (Å²) in [5.74, 6) is -0.0323. The van der Waals surface area contributed by atoms with E-state index in [1.165, 1.54) is 11.6 Å². The maximum absolute atomic E-state index is 12.7. The molecule has 0 spiro atoms. The number of thioether (sulfide) groups is 1. The van der Waals surface area contributed by atoms with E-state index in [0.717, 1.165) is 21.9 Å². The topological polar surface area (TPSA) is 96.1 Å². The first-order valence-electron chi connectivity index (χ1n) is 8.25. The van der Waals surface area contributed by atoms with Crippen LogP contribution in [-0.2, 0) is 23.6 Å². The van der Waals surface area contributed by atoms with E-state index in [-0.39, 0.29) is 23.4 Å². The Balaban J connectivity index is 2.25. The fraction of sp³-hybridized carbons (Fsp3) is 0.278. The molecular formula is C18H18N4O4S. The summed E-state index contributed by atoms with van der Waals surface area (Å²) in [5, 5.41) is 0.539. The highest BCUT2D eigenvalue weighted by atomic mass is 32.2. The molecule has 2 heterocycles. The zero-order valence-electron chi connectivity index (χ0n) is 15.1. The molecule has 0 atom stereocenters. The minimum atomic E-state index is -0.501. The predicted octanol–water partition coefficient (Wildman–Crippen LogP) is 1.35. The van der Waals surface area contributed by atoms with Crippen LogP contribution in [0.2, 0.25) is 0 Å². The van der Waals surface area contributed by atoms with Crippen molar-refractivity contribution in [3.63, 3.8) is 0 Å². The summed E-state index contributed by atoms with van der Waals surface area (Å²) in [7, 11) is 2.95. The van der Waals surface area contributed by atoms with Gasteiger partial charge in [0.05, 0.1) is 12.4 Å². The average Bonchev–Trinajstić information content (AvgIpc) is 2.69. The molecule has 2 aromatic heterocycles. The molecule has 3 aromatic rings. The van der Waals surface area contributed by atoms with Crippen LogP contribution in [0.25, 0.3) is 22.4 Å². The van der Waals surface area contributed by atoms with E-state index in [1.54, 1.807) is 14.0 Å². The molecule has 0 N–H and O–H groups in total. The van der Waals surface area contributed by atoms with Crippen LogP contribution < -0.4 is 11.2 Å². The molecule has 0 aliphatic heterocycles. The Morgan fingerprint density at radius 2 is 1.81 bits per heavy atom. The van der Waals surface area contributed by atoms with Gasteiger partial charge in [-0.15, -0.1) is 0 Å². The SMILES string of the molecule is CCOC(=O)CSc1nc(-c2ccccc2)nc2c1c(=O)n(C)c(=O)n2C. The van der Waals surface area contributed by atoms with Gasteiger partial charge in [-0.2, -0.15) is 0 Å². The van der Waals surface area contributed by atoms with E-state index in [9.17, 15) is 14.4 Å². The zero-order valence-corrected chi connectivity index (χ0v) is 15.9. The number of esters is 1. The van der Waals surface area contributed by atoms with Gasteiger partial charge in [-0.1, -0.05) is 42.1 Å². The van der Waals surface area contributed by atoms with Gasteiger partial charge in [0.2, 0.25) is 0 Å². The Kier molecular flexibility index (Phi) is 5.41. The lowest BCUT2D eigenvalue weighted by molar-refractivity contribution is -0.139. The van der Waals surface area contributed by atoms with E-state index < -0.39 is 17.2 Å². The summed E-state index contributed by atoms with van der Waals surface area (Å²) in [6.45, 7) is 2.00. The minimum Gasteiger partial charge on any atom is -0.465 e. The first kappa shape index (κ1) is 18.8. The third kappa shape index (κ3) is 3.63. The Labute approximate surface area is 158 Å². The van der Waals surface area contributed by atoms with Crippen molar-refractivity contribution < 1.29 is 9.53 Å². The normalized spacial score (nSPS) is 10.9. The van der Waals surface area contributed by atoms with Gasteiger partial charge in [-0.25, -0.2) is 14.8 Å². The van der Waals surface area contributed by atoms with Gasteiger partial charge in [-0.05, 0) is 6.92 Å². The number of nitrogens with zero attached hydrogens (tertiary/aromatic N) is 4. The molecule has 0 amide bonds. The Bertz CT molecular complexity index is 1120. The number of rotatable bonds is 5. The van der Waals surface area contributed by atoms with Crippen molar-refractivity contribution in [3.8, 4) is 11.4 Å². The minimum absolute atomic E-state index is 0.000177. The van der Waals surface area contributed by atoms with E-state index in [2.05, 4.69) is 9.97 Å². The number of hydrogen-bond donors (Lipinski definition) is 0. The molecule has 0 fully saturated rings. The van der Waals surface area contributed by atoms with Crippen LogP contribution in [0.4, 0.5) is 0 Å². The average molecular weight is 386 g/mol. The molecule has 8 nitrogen and oxygen atoms in total. The number of ether oxygens (including phenoxy) is 1. The van der Waals surface area contributed by atoms with Crippen molar-refractivity contribution in [2.75, 3.05) is 12.4 Å². The van der Waals surface area contributed by atoms with Gasteiger partial charge in [0.25, 0.3) is 5.56 Å². The number of hydrogen-bond acceptors (Lipinski definition) is 7. The second-order valence-electron chi connectivity index (χ2n) is 5.72. The molecule has 0 unspecified atom stereocenters. The lowest BCUT2D eigenvalue weighted by Gasteiger charge is -2.11. The molecule has 0 bridgehead atoms. The number of aromatic nitrogens is 4. The second-order valence-corrected chi connectivity index (χ2v) is 6.68. The third-order valence-corrected chi connectivity index (χ3v) is 4.88. The van der Waals surface area contributed by atoms with Crippen LogP contribution in [0.5, 0.6) is 0 Å². The number of carbonyl (C=O) groups excluding carboxylic acids is 1. The Morgan fingerprint density at radius 3 is 2.48 bits per heavy atom. The van der Waals surface area contributed by atoms with Crippen molar-refractivity contribution in [2.24, 2.45) is 14.1 Å². The van der Waals surface area contributed by atoms with Crippen LogP contribution >= 0.6 is 11.8 Å².